The molecule has 0 spiro atoms. The minimum absolute atomic E-state index is 0.0148. The molecule has 1 aromatic carbocycles. The first kappa shape index (κ1) is 20.1. The van der Waals surface area contributed by atoms with Crippen molar-refractivity contribution < 1.29 is 19.3 Å². The van der Waals surface area contributed by atoms with Crippen LogP contribution in [0.5, 0.6) is 0 Å². The second-order valence-corrected chi connectivity index (χ2v) is 7.45. The van der Waals surface area contributed by atoms with Crippen LogP contribution in [0, 0.1) is 0 Å². The summed E-state index contributed by atoms with van der Waals surface area (Å²) in [5.74, 6) is -0.658. The number of nitrogens with one attached hydrogen (secondary N) is 4. The molecule has 0 aliphatic rings. The number of urea groups is 1. The molecule has 8 heteroatoms. The van der Waals surface area contributed by atoms with E-state index in [1.54, 1.807) is 13.1 Å². The van der Waals surface area contributed by atoms with E-state index in [-0.39, 0.29) is 19.0 Å². The predicted octanol–water partition coefficient (Wildman–Crippen LogP) is 0.527. The number of amides is 4. The minimum atomic E-state index is -0.544. The number of anilines is 1. The summed E-state index contributed by atoms with van der Waals surface area (Å²) >= 11 is 3.35. The number of halogens is 1. The van der Waals surface area contributed by atoms with Gasteiger partial charge in [0.25, 0.3) is 11.8 Å². The van der Waals surface area contributed by atoms with Gasteiger partial charge in [-0.2, -0.15) is 0 Å². The molecule has 0 saturated heterocycles. The average Bonchev–Trinajstić information content (AvgIpc) is 2.38. The lowest BCUT2D eigenvalue weighted by Gasteiger charge is -2.20. The second-order valence-electron chi connectivity index (χ2n) is 6.59. The standard InChI is InChI=1S/C16H23BrN4O3/c1-16(2,3)20-15(24)19-14(23)10-21(4)9-13(22)18-12-8-6-5-7-11(12)17/h5-8H,9-10H2,1-4H3,(H,18,22)(H2,19,20,23,24)/p+1. The first-order valence-corrected chi connectivity index (χ1v) is 8.34. The molecule has 0 aliphatic carbocycles. The molecule has 1 aromatic rings. The van der Waals surface area contributed by atoms with Crippen molar-refractivity contribution in [3.05, 3.63) is 28.7 Å². The van der Waals surface area contributed by atoms with Gasteiger partial charge in [-0.25, -0.2) is 4.79 Å². The third-order valence-corrected chi connectivity index (χ3v) is 3.51. The maximum Gasteiger partial charge on any atom is 0.322 e. The van der Waals surface area contributed by atoms with Gasteiger partial charge in [0.15, 0.2) is 13.1 Å². The Kier molecular flexibility index (Phi) is 7.37. The third-order valence-electron chi connectivity index (χ3n) is 2.81. The number of hydrogen-bond donors (Lipinski definition) is 4. The fourth-order valence-corrected chi connectivity index (χ4v) is 2.29. The molecule has 1 rings (SSSR count). The van der Waals surface area contributed by atoms with Crippen LogP contribution in [0.2, 0.25) is 0 Å². The van der Waals surface area contributed by atoms with Crippen molar-refractivity contribution in [3.8, 4) is 0 Å². The summed E-state index contributed by atoms with van der Waals surface area (Å²) in [5, 5.41) is 7.66. The predicted molar refractivity (Wildman–Crippen MR) is 95.8 cm³/mol. The molecule has 0 fully saturated rings. The van der Waals surface area contributed by atoms with Crippen LogP contribution in [0.4, 0.5) is 10.5 Å². The summed E-state index contributed by atoms with van der Waals surface area (Å²) in [5.41, 5.74) is 0.246. The zero-order chi connectivity index (χ0) is 18.3. The third kappa shape index (κ3) is 8.07. The van der Waals surface area contributed by atoms with Gasteiger partial charge in [0.1, 0.15) is 0 Å². The zero-order valence-corrected chi connectivity index (χ0v) is 15.9. The van der Waals surface area contributed by atoms with Gasteiger partial charge in [0.05, 0.1) is 12.7 Å². The molecular formula is C16H24BrN4O3+. The van der Waals surface area contributed by atoms with Crippen LogP contribution in [-0.4, -0.2) is 43.5 Å². The number of imide groups is 1. The van der Waals surface area contributed by atoms with E-state index in [1.807, 2.05) is 39.0 Å². The number of benzene rings is 1. The Morgan fingerprint density at radius 3 is 2.25 bits per heavy atom. The first-order chi connectivity index (χ1) is 11.1. The Hall–Kier alpha value is -1.93. The Morgan fingerprint density at radius 2 is 1.67 bits per heavy atom. The van der Waals surface area contributed by atoms with Crippen molar-refractivity contribution in [2.45, 2.75) is 26.3 Å². The van der Waals surface area contributed by atoms with Crippen LogP contribution < -0.4 is 20.9 Å². The van der Waals surface area contributed by atoms with Gasteiger partial charge >= 0.3 is 6.03 Å². The van der Waals surface area contributed by atoms with E-state index < -0.39 is 17.5 Å². The van der Waals surface area contributed by atoms with Crippen LogP contribution in [0.25, 0.3) is 0 Å². The number of carbonyl (C=O) groups is 3. The van der Waals surface area contributed by atoms with Crippen LogP contribution in [-0.2, 0) is 9.59 Å². The van der Waals surface area contributed by atoms with Crippen LogP contribution in [0.15, 0.2) is 28.7 Å². The monoisotopic (exact) mass is 399 g/mol. The van der Waals surface area contributed by atoms with Crippen molar-refractivity contribution in [1.29, 1.82) is 0 Å². The first-order valence-electron chi connectivity index (χ1n) is 7.54. The number of rotatable bonds is 5. The Labute approximate surface area is 150 Å². The maximum atomic E-state index is 12.0. The van der Waals surface area contributed by atoms with Crippen LogP contribution >= 0.6 is 15.9 Å². The average molecular weight is 400 g/mol. The number of para-hydroxylation sites is 1. The molecule has 132 valence electrons. The van der Waals surface area contributed by atoms with Crippen LogP contribution in [0.1, 0.15) is 20.8 Å². The Morgan fingerprint density at radius 1 is 1.08 bits per heavy atom. The smallest absolute Gasteiger partial charge is 0.322 e. The fourth-order valence-electron chi connectivity index (χ4n) is 1.91. The molecule has 0 heterocycles. The van der Waals surface area contributed by atoms with E-state index >= 15 is 0 Å². The second kappa shape index (κ2) is 8.79. The molecule has 7 nitrogen and oxygen atoms in total. The molecular weight excluding hydrogens is 376 g/mol. The quantitative estimate of drug-likeness (QED) is 0.581. The van der Waals surface area contributed by atoms with Gasteiger partial charge in [-0.1, -0.05) is 12.1 Å². The van der Waals surface area contributed by atoms with Gasteiger partial charge in [-0.15, -0.1) is 0 Å². The van der Waals surface area contributed by atoms with Crippen molar-refractivity contribution in [3.63, 3.8) is 0 Å². The van der Waals surface area contributed by atoms with E-state index in [4.69, 9.17) is 0 Å². The zero-order valence-electron chi connectivity index (χ0n) is 14.3. The van der Waals surface area contributed by atoms with Gasteiger partial charge in [-0.3, -0.25) is 14.9 Å². The topological polar surface area (TPSA) is 91.7 Å². The lowest BCUT2D eigenvalue weighted by Crippen LogP contribution is -3.11. The number of likely N-dealkylation sites (N-methyl/N-ethyl adjacent to an activating group) is 1. The number of hydrogen-bond acceptors (Lipinski definition) is 3. The molecule has 1 unspecified atom stereocenters. The normalized spacial score (nSPS) is 12.2. The van der Waals surface area contributed by atoms with E-state index in [1.165, 1.54) is 0 Å². The fraction of sp³-hybridized carbons (Fsp3) is 0.438. The highest BCUT2D eigenvalue weighted by atomic mass is 79.9. The lowest BCUT2D eigenvalue weighted by molar-refractivity contribution is -0.862. The van der Waals surface area contributed by atoms with Gasteiger partial charge in [0.2, 0.25) is 0 Å². The molecule has 4 N–H and O–H groups in total. The highest BCUT2D eigenvalue weighted by Gasteiger charge is 2.19. The van der Waals surface area contributed by atoms with Crippen molar-refractivity contribution in [2.75, 3.05) is 25.5 Å². The SMILES string of the molecule is C[NH+](CC(=O)NC(=O)NC(C)(C)C)CC(=O)Nc1ccccc1Br. The van der Waals surface area contributed by atoms with Gasteiger partial charge < -0.3 is 15.5 Å². The van der Waals surface area contributed by atoms with Gasteiger partial charge in [-0.05, 0) is 48.8 Å². The van der Waals surface area contributed by atoms with Crippen molar-refractivity contribution >= 4 is 39.5 Å². The Balaban J connectivity index is 2.41. The lowest BCUT2D eigenvalue weighted by atomic mass is 10.1. The number of quaternary nitrogens is 1. The van der Waals surface area contributed by atoms with E-state index in [0.29, 0.717) is 10.6 Å². The summed E-state index contributed by atoms with van der Waals surface area (Å²) in [7, 11) is 1.71. The molecule has 0 radical (unpaired) electrons. The minimum Gasteiger partial charge on any atom is -0.333 e. The van der Waals surface area contributed by atoms with Crippen molar-refractivity contribution in [2.24, 2.45) is 0 Å². The highest BCUT2D eigenvalue weighted by Crippen LogP contribution is 2.20. The molecule has 1 atom stereocenters. The summed E-state index contributed by atoms with van der Waals surface area (Å²) in [6.45, 7) is 5.58. The largest absolute Gasteiger partial charge is 0.333 e. The molecule has 4 amide bonds. The molecule has 0 bridgehead atoms. The summed E-state index contributed by atoms with van der Waals surface area (Å²) in [6, 6.07) is 6.73. The van der Waals surface area contributed by atoms with E-state index in [0.717, 1.165) is 4.47 Å². The number of carbonyl (C=O) groups excluding carboxylic acids is 3. The van der Waals surface area contributed by atoms with Crippen LogP contribution in [0.3, 0.4) is 0 Å². The molecule has 0 aliphatic heterocycles. The Bertz CT molecular complexity index is 614. The van der Waals surface area contributed by atoms with Gasteiger partial charge in [0, 0.05) is 10.0 Å². The molecule has 24 heavy (non-hydrogen) atoms. The molecule has 0 aromatic heterocycles. The van der Waals surface area contributed by atoms with Crippen molar-refractivity contribution in [1.82, 2.24) is 10.6 Å². The summed E-state index contributed by atoms with van der Waals surface area (Å²) < 4.78 is 0.785. The highest BCUT2D eigenvalue weighted by molar-refractivity contribution is 9.10. The van der Waals surface area contributed by atoms with E-state index in [2.05, 4.69) is 31.9 Å². The maximum absolute atomic E-state index is 12.0. The summed E-state index contributed by atoms with van der Waals surface area (Å²) in [6.07, 6.45) is 0. The van der Waals surface area contributed by atoms with E-state index in [9.17, 15) is 14.4 Å². The summed E-state index contributed by atoms with van der Waals surface area (Å²) in [4.78, 5) is 36.1. The molecule has 0 saturated carbocycles.